The van der Waals surface area contributed by atoms with Crippen molar-refractivity contribution < 1.29 is 12.8 Å². The highest BCUT2D eigenvalue weighted by atomic mass is 79.9. The molecule has 0 radical (unpaired) electrons. The summed E-state index contributed by atoms with van der Waals surface area (Å²) in [5.41, 5.74) is 6.28. The van der Waals surface area contributed by atoms with Gasteiger partial charge in [-0.25, -0.2) is 12.8 Å². The van der Waals surface area contributed by atoms with E-state index in [1.54, 1.807) is 0 Å². The number of sulfonamides is 1. The molecular formula is C12H8Br3FN2O2S. The molecule has 0 atom stereocenters. The van der Waals surface area contributed by atoms with Crippen LogP contribution in [-0.4, -0.2) is 8.42 Å². The van der Waals surface area contributed by atoms with Crippen molar-refractivity contribution in [2.24, 2.45) is 0 Å². The summed E-state index contributed by atoms with van der Waals surface area (Å²) in [7, 11) is -3.88. The van der Waals surface area contributed by atoms with Crippen LogP contribution in [0.4, 0.5) is 15.8 Å². The van der Waals surface area contributed by atoms with Crippen LogP contribution in [0.5, 0.6) is 0 Å². The van der Waals surface area contributed by atoms with Crippen molar-refractivity contribution in [1.82, 2.24) is 0 Å². The molecule has 0 saturated heterocycles. The Morgan fingerprint density at radius 2 is 1.57 bits per heavy atom. The zero-order chi connectivity index (χ0) is 15.8. The molecule has 2 aromatic rings. The lowest BCUT2D eigenvalue weighted by molar-refractivity contribution is 0.600. The van der Waals surface area contributed by atoms with E-state index in [0.717, 1.165) is 6.07 Å². The number of rotatable bonds is 3. The van der Waals surface area contributed by atoms with E-state index >= 15 is 0 Å². The molecule has 9 heteroatoms. The quantitative estimate of drug-likeness (QED) is 0.607. The first-order chi connectivity index (χ1) is 9.70. The molecule has 0 unspecified atom stereocenters. The van der Waals surface area contributed by atoms with Crippen molar-refractivity contribution in [2.45, 2.75) is 4.90 Å². The van der Waals surface area contributed by atoms with Gasteiger partial charge in [0.25, 0.3) is 10.0 Å². The van der Waals surface area contributed by atoms with Crippen molar-refractivity contribution in [2.75, 3.05) is 10.5 Å². The van der Waals surface area contributed by atoms with Crippen LogP contribution in [0.15, 0.2) is 48.6 Å². The predicted octanol–water partition coefficient (Wildman–Crippen LogP) is 4.50. The number of nitrogens with two attached hydrogens (primary N) is 1. The summed E-state index contributed by atoms with van der Waals surface area (Å²) in [5.74, 6) is -0.473. The molecule has 112 valence electrons. The van der Waals surface area contributed by atoms with Crippen LogP contribution < -0.4 is 10.5 Å². The third kappa shape index (κ3) is 3.77. The van der Waals surface area contributed by atoms with Crippen molar-refractivity contribution in [3.05, 3.63) is 49.6 Å². The second kappa shape index (κ2) is 6.23. The summed E-state index contributed by atoms with van der Waals surface area (Å²) < 4.78 is 41.3. The first-order valence-corrected chi connectivity index (χ1v) is 9.29. The highest BCUT2D eigenvalue weighted by Crippen LogP contribution is 2.34. The molecule has 0 aliphatic heterocycles. The lowest BCUT2D eigenvalue weighted by Gasteiger charge is -2.13. The van der Waals surface area contributed by atoms with Gasteiger partial charge >= 0.3 is 0 Å². The summed E-state index contributed by atoms with van der Waals surface area (Å²) in [4.78, 5) is 0.00734. The van der Waals surface area contributed by atoms with E-state index < -0.39 is 15.8 Å². The highest BCUT2D eigenvalue weighted by molar-refractivity contribution is 9.11. The number of hydrogen-bond donors (Lipinski definition) is 2. The molecule has 21 heavy (non-hydrogen) atoms. The van der Waals surface area contributed by atoms with Gasteiger partial charge in [-0.2, -0.15) is 0 Å². The Morgan fingerprint density at radius 3 is 2.10 bits per heavy atom. The molecule has 2 rings (SSSR count). The number of anilines is 2. The van der Waals surface area contributed by atoms with Crippen LogP contribution in [0.2, 0.25) is 0 Å². The van der Waals surface area contributed by atoms with Gasteiger partial charge in [0.1, 0.15) is 10.7 Å². The van der Waals surface area contributed by atoms with Gasteiger partial charge in [0.05, 0.1) is 5.69 Å². The first-order valence-electron chi connectivity index (χ1n) is 5.43. The van der Waals surface area contributed by atoms with E-state index in [1.807, 2.05) is 0 Å². The Kier molecular flexibility index (Phi) is 4.96. The van der Waals surface area contributed by atoms with Crippen LogP contribution >= 0.6 is 47.8 Å². The minimum absolute atomic E-state index is 0.00734. The van der Waals surface area contributed by atoms with E-state index in [1.165, 1.54) is 24.3 Å². The molecule has 3 N–H and O–H groups in total. The Morgan fingerprint density at radius 1 is 1.00 bits per heavy atom. The monoisotopic (exact) mass is 500 g/mol. The minimum Gasteiger partial charge on any atom is -0.399 e. The molecule has 0 heterocycles. The first kappa shape index (κ1) is 16.7. The fourth-order valence-corrected chi connectivity index (χ4v) is 5.89. The van der Waals surface area contributed by atoms with Crippen molar-refractivity contribution >= 4 is 69.2 Å². The zero-order valence-electron chi connectivity index (χ0n) is 10.2. The predicted molar refractivity (Wildman–Crippen MR) is 91.2 cm³/mol. The smallest absolute Gasteiger partial charge is 0.264 e. The molecule has 0 spiro atoms. The Hall–Kier alpha value is -0.640. The molecule has 0 saturated carbocycles. The van der Waals surface area contributed by atoms with Gasteiger partial charge in [0, 0.05) is 19.1 Å². The summed E-state index contributed by atoms with van der Waals surface area (Å²) in [6.45, 7) is 0. The number of nitrogens with one attached hydrogen (secondary N) is 1. The molecule has 0 aliphatic rings. The van der Waals surface area contributed by atoms with E-state index in [4.69, 9.17) is 5.73 Å². The Balaban J connectivity index is 2.48. The molecule has 0 aromatic heterocycles. The SMILES string of the molecule is Nc1cc(Br)c(S(=O)(=O)Nc2ccc(F)cc2Br)c(Br)c1. The largest absolute Gasteiger partial charge is 0.399 e. The van der Waals surface area contributed by atoms with Gasteiger partial charge in [-0.15, -0.1) is 0 Å². The molecular weight excluding hydrogens is 495 g/mol. The molecule has 0 aliphatic carbocycles. The van der Waals surface area contributed by atoms with Gasteiger partial charge in [-0.3, -0.25) is 4.72 Å². The van der Waals surface area contributed by atoms with Crippen molar-refractivity contribution in [3.63, 3.8) is 0 Å². The highest BCUT2D eigenvalue weighted by Gasteiger charge is 2.22. The van der Waals surface area contributed by atoms with E-state index in [2.05, 4.69) is 52.5 Å². The average molecular weight is 503 g/mol. The third-order valence-corrected chi connectivity index (χ3v) is 6.36. The maximum atomic E-state index is 13.0. The van der Waals surface area contributed by atoms with E-state index in [9.17, 15) is 12.8 Å². The summed E-state index contributed by atoms with van der Waals surface area (Å²) in [5, 5.41) is 0. The Labute approximate surface area is 146 Å². The van der Waals surface area contributed by atoms with Crippen LogP contribution in [-0.2, 0) is 10.0 Å². The molecule has 0 fully saturated rings. The number of benzene rings is 2. The standard InChI is InChI=1S/C12H8Br3FN2O2S/c13-8-3-6(16)1-2-11(8)18-21(19,20)12-9(14)4-7(17)5-10(12)15/h1-5,18H,17H2. The topological polar surface area (TPSA) is 72.2 Å². The molecule has 0 bridgehead atoms. The number of nitrogen functional groups attached to an aromatic ring is 1. The summed E-state index contributed by atoms with van der Waals surface area (Å²) in [6, 6.07) is 6.63. The Bertz CT molecular complexity index is 789. The maximum Gasteiger partial charge on any atom is 0.264 e. The third-order valence-electron chi connectivity index (χ3n) is 2.46. The number of halogens is 4. The fourth-order valence-electron chi connectivity index (χ4n) is 1.60. The van der Waals surface area contributed by atoms with Crippen LogP contribution in [0.25, 0.3) is 0 Å². The van der Waals surface area contributed by atoms with Crippen LogP contribution in [0.1, 0.15) is 0 Å². The zero-order valence-corrected chi connectivity index (χ0v) is 15.8. The average Bonchev–Trinajstić information content (AvgIpc) is 2.30. The van der Waals surface area contributed by atoms with E-state index in [-0.39, 0.29) is 10.6 Å². The summed E-state index contributed by atoms with van der Waals surface area (Å²) in [6.07, 6.45) is 0. The van der Waals surface area contributed by atoms with Crippen molar-refractivity contribution in [1.29, 1.82) is 0 Å². The van der Waals surface area contributed by atoms with Gasteiger partial charge in [0.15, 0.2) is 0 Å². The second-order valence-corrected chi connectivity index (χ2v) is 8.23. The van der Waals surface area contributed by atoms with Crippen molar-refractivity contribution in [3.8, 4) is 0 Å². The van der Waals surface area contributed by atoms with Gasteiger partial charge in [-0.1, -0.05) is 0 Å². The molecule has 4 nitrogen and oxygen atoms in total. The van der Waals surface area contributed by atoms with Gasteiger partial charge < -0.3 is 5.73 Å². The molecule has 0 amide bonds. The second-order valence-electron chi connectivity index (χ2n) is 4.04. The lowest BCUT2D eigenvalue weighted by atomic mass is 10.3. The normalized spacial score (nSPS) is 11.4. The van der Waals surface area contributed by atoms with Crippen LogP contribution in [0.3, 0.4) is 0 Å². The minimum atomic E-state index is -3.88. The lowest BCUT2D eigenvalue weighted by Crippen LogP contribution is -2.15. The van der Waals surface area contributed by atoms with Gasteiger partial charge in [-0.05, 0) is 78.1 Å². The van der Waals surface area contributed by atoms with Crippen LogP contribution in [0, 0.1) is 5.82 Å². The molecule has 2 aromatic carbocycles. The number of hydrogen-bond acceptors (Lipinski definition) is 3. The maximum absolute atomic E-state index is 13.0. The van der Waals surface area contributed by atoms with Gasteiger partial charge in [0.2, 0.25) is 0 Å². The fraction of sp³-hybridized carbons (Fsp3) is 0. The summed E-state index contributed by atoms with van der Waals surface area (Å²) >= 11 is 9.46. The van der Waals surface area contributed by atoms with E-state index in [0.29, 0.717) is 19.1 Å².